The van der Waals surface area contributed by atoms with Crippen molar-refractivity contribution in [3.63, 3.8) is 0 Å². The number of aliphatic carboxylic acids is 1. The average molecular weight is 327 g/mol. The highest BCUT2D eigenvalue weighted by molar-refractivity contribution is 5.70. The van der Waals surface area contributed by atoms with E-state index in [1.807, 2.05) is 48.5 Å². The summed E-state index contributed by atoms with van der Waals surface area (Å²) in [5.74, 6) is 1.36. The fraction of sp³-hybridized carbons (Fsp3) is 0.316. The molecule has 0 aromatic heterocycles. The van der Waals surface area contributed by atoms with Gasteiger partial charge in [-0.1, -0.05) is 12.1 Å². The average Bonchev–Trinajstić information content (AvgIpc) is 3.05. The summed E-state index contributed by atoms with van der Waals surface area (Å²) in [4.78, 5) is 13.2. The molecular formula is C19H21NO4. The second-order valence-electron chi connectivity index (χ2n) is 5.98. The Bertz CT molecular complexity index is 699. The topological polar surface area (TPSA) is 59.0 Å². The Kier molecular flexibility index (Phi) is 5.01. The fourth-order valence-electron chi connectivity index (χ4n) is 2.92. The van der Waals surface area contributed by atoms with Crippen LogP contribution in [-0.2, 0) is 11.3 Å². The van der Waals surface area contributed by atoms with Gasteiger partial charge in [0.25, 0.3) is 0 Å². The van der Waals surface area contributed by atoms with Crippen LogP contribution in [-0.4, -0.2) is 36.2 Å². The predicted molar refractivity (Wildman–Crippen MR) is 90.5 cm³/mol. The molecule has 1 N–H and O–H groups in total. The second-order valence-corrected chi connectivity index (χ2v) is 5.98. The van der Waals surface area contributed by atoms with E-state index in [1.165, 1.54) is 0 Å². The predicted octanol–water partition coefficient (Wildman–Crippen LogP) is 3.39. The molecule has 1 aliphatic rings. The molecule has 0 amide bonds. The highest BCUT2D eigenvalue weighted by Crippen LogP contribution is 2.26. The number of carboxylic acid groups (broad SMARTS) is 1. The molecule has 5 heteroatoms. The normalized spacial score (nSPS) is 17.6. The van der Waals surface area contributed by atoms with Gasteiger partial charge in [-0.2, -0.15) is 0 Å². The maximum atomic E-state index is 11.0. The summed E-state index contributed by atoms with van der Waals surface area (Å²) in [6.07, 6.45) is 0.720. The van der Waals surface area contributed by atoms with Gasteiger partial charge in [0.2, 0.25) is 0 Å². The summed E-state index contributed by atoms with van der Waals surface area (Å²) in [5.41, 5.74) is 1.12. The van der Waals surface area contributed by atoms with Crippen LogP contribution in [0.1, 0.15) is 12.0 Å². The van der Waals surface area contributed by atoms with Gasteiger partial charge in [0.05, 0.1) is 13.0 Å². The van der Waals surface area contributed by atoms with Crippen molar-refractivity contribution in [3.05, 3.63) is 54.1 Å². The van der Waals surface area contributed by atoms with Crippen molar-refractivity contribution < 1.29 is 19.4 Å². The zero-order valence-corrected chi connectivity index (χ0v) is 13.6. The molecule has 0 saturated carbocycles. The maximum absolute atomic E-state index is 11.0. The van der Waals surface area contributed by atoms with Crippen LogP contribution in [0.5, 0.6) is 17.2 Å². The lowest BCUT2D eigenvalue weighted by atomic mass is 10.1. The van der Waals surface area contributed by atoms with Crippen LogP contribution in [0.15, 0.2) is 48.5 Å². The van der Waals surface area contributed by atoms with E-state index in [2.05, 4.69) is 4.90 Å². The number of rotatable bonds is 6. The Morgan fingerprint density at radius 2 is 1.92 bits per heavy atom. The van der Waals surface area contributed by atoms with Crippen LogP contribution >= 0.6 is 0 Å². The molecule has 1 unspecified atom stereocenters. The van der Waals surface area contributed by atoms with Crippen molar-refractivity contribution in [2.45, 2.75) is 13.0 Å². The minimum absolute atomic E-state index is 0.247. The number of carboxylic acids is 1. The van der Waals surface area contributed by atoms with Crippen molar-refractivity contribution in [2.24, 2.45) is 5.92 Å². The zero-order valence-electron chi connectivity index (χ0n) is 13.6. The first-order valence-electron chi connectivity index (χ1n) is 8.00. The Hall–Kier alpha value is -2.53. The molecule has 1 atom stereocenters. The zero-order chi connectivity index (χ0) is 16.9. The highest BCUT2D eigenvalue weighted by atomic mass is 16.5. The quantitative estimate of drug-likeness (QED) is 0.881. The summed E-state index contributed by atoms with van der Waals surface area (Å²) < 4.78 is 11.0. The molecule has 1 aliphatic heterocycles. The van der Waals surface area contributed by atoms with Gasteiger partial charge in [0.15, 0.2) is 0 Å². The number of hydrogen-bond donors (Lipinski definition) is 1. The van der Waals surface area contributed by atoms with Gasteiger partial charge in [0, 0.05) is 13.1 Å². The second kappa shape index (κ2) is 7.36. The molecular weight excluding hydrogens is 306 g/mol. The number of carbonyl (C=O) groups is 1. The molecule has 126 valence electrons. The molecule has 0 aliphatic carbocycles. The molecule has 1 heterocycles. The SMILES string of the molecule is COc1ccc(Oc2cccc(CN3CCC(C(=O)O)C3)c2)cc1. The van der Waals surface area contributed by atoms with Crippen molar-refractivity contribution >= 4 is 5.97 Å². The molecule has 2 aromatic carbocycles. The molecule has 5 nitrogen and oxygen atoms in total. The minimum atomic E-state index is -0.700. The largest absolute Gasteiger partial charge is 0.497 e. The van der Waals surface area contributed by atoms with Gasteiger partial charge >= 0.3 is 5.97 Å². The first-order chi connectivity index (χ1) is 11.6. The lowest BCUT2D eigenvalue weighted by molar-refractivity contribution is -0.141. The van der Waals surface area contributed by atoms with E-state index in [-0.39, 0.29) is 5.92 Å². The molecule has 0 spiro atoms. The molecule has 0 radical (unpaired) electrons. The molecule has 3 rings (SSSR count). The van der Waals surface area contributed by atoms with E-state index in [4.69, 9.17) is 14.6 Å². The van der Waals surface area contributed by atoms with E-state index in [1.54, 1.807) is 7.11 Å². The van der Waals surface area contributed by atoms with E-state index < -0.39 is 5.97 Å². The molecule has 2 aromatic rings. The molecule has 24 heavy (non-hydrogen) atoms. The van der Waals surface area contributed by atoms with Gasteiger partial charge in [-0.3, -0.25) is 9.69 Å². The number of ether oxygens (including phenoxy) is 2. The van der Waals surface area contributed by atoms with E-state index >= 15 is 0 Å². The first kappa shape index (κ1) is 16.3. The van der Waals surface area contributed by atoms with E-state index in [0.717, 1.165) is 42.3 Å². The van der Waals surface area contributed by atoms with Crippen molar-refractivity contribution in [3.8, 4) is 17.2 Å². The lowest BCUT2D eigenvalue weighted by Gasteiger charge is -2.16. The summed E-state index contributed by atoms with van der Waals surface area (Å²) >= 11 is 0. The summed E-state index contributed by atoms with van der Waals surface area (Å²) in [5, 5.41) is 9.09. The number of methoxy groups -OCH3 is 1. The Balaban J connectivity index is 1.62. The fourth-order valence-corrected chi connectivity index (χ4v) is 2.92. The van der Waals surface area contributed by atoms with Crippen LogP contribution < -0.4 is 9.47 Å². The van der Waals surface area contributed by atoms with Gasteiger partial charge in [0.1, 0.15) is 17.2 Å². The smallest absolute Gasteiger partial charge is 0.307 e. The summed E-state index contributed by atoms with van der Waals surface area (Å²) in [7, 11) is 1.63. The van der Waals surface area contributed by atoms with Crippen LogP contribution in [0.25, 0.3) is 0 Å². The standard InChI is InChI=1S/C19H21NO4/c1-23-16-5-7-17(8-6-16)24-18-4-2-3-14(11-18)12-20-10-9-15(13-20)19(21)22/h2-8,11,15H,9-10,12-13H2,1H3,(H,21,22). The van der Waals surface area contributed by atoms with Crippen LogP contribution in [0.4, 0.5) is 0 Å². The molecule has 0 bridgehead atoms. The van der Waals surface area contributed by atoms with Gasteiger partial charge in [-0.15, -0.1) is 0 Å². The number of nitrogens with zero attached hydrogens (tertiary/aromatic N) is 1. The van der Waals surface area contributed by atoms with Crippen molar-refractivity contribution in [1.29, 1.82) is 0 Å². The third kappa shape index (κ3) is 4.06. The van der Waals surface area contributed by atoms with Crippen molar-refractivity contribution in [1.82, 2.24) is 4.90 Å². The monoisotopic (exact) mass is 327 g/mol. The lowest BCUT2D eigenvalue weighted by Crippen LogP contribution is -2.22. The third-order valence-electron chi connectivity index (χ3n) is 4.22. The third-order valence-corrected chi connectivity index (χ3v) is 4.22. The first-order valence-corrected chi connectivity index (χ1v) is 8.00. The minimum Gasteiger partial charge on any atom is -0.497 e. The molecule has 1 saturated heterocycles. The van der Waals surface area contributed by atoms with Gasteiger partial charge in [-0.05, 0) is 54.9 Å². The number of hydrogen-bond acceptors (Lipinski definition) is 4. The summed E-state index contributed by atoms with van der Waals surface area (Å²) in [6.45, 7) is 2.17. The van der Waals surface area contributed by atoms with E-state index in [9.17, 15) is 4.79 Å². The Morgan fingerprint density at radius 1 is 1.17 bits per heavy atom. The van der Waals surface area contributed by atoms with Gasteiger partial charge in [-0.25, -0.2) is 0 Å². The molecule has 1 fully saturated rings. The van der Waals surface area contributed by atoms with Crippen LogP contribution in [0, 0.1) is 5.92 Å². The highest BCUT2D eigenvalue weighted by Gasteiger charge is 2.27. The van der Waals surface area contributed by atoms with E-state index in [0.29, 0.717) is 6.54 Å². The maximum Gasteiger partial charge on any atom is 0.307 e. The van der Waals surface area contributed by atoms with Crippen LogP contribution in [0.2, 0.25) is 0 Å². The number of likely N-dealkylation sites (tertiary alicyclic amines) is 1. The van der Waals surface area contributed by atoms with Gasteiger partial charge < -0.3 is 14.6 Å². The number of benzene rings is 2. The summed E-state index contributed by atoms with van der Waals surface area (Å²) in [6, 6.07) is 15.3. The van der Waals surface area contributed by atoms with Crippen molar-refractivity contribution in [2.75, 3.05) is 20.2 Å². The Morgan fingerprint density at radius 3 is 2.58 bits per heavy atom. The Labute approximate surface area is 141 Å². The van der Waals surface area contributed by atoms with Crippen LogP contribution in [0.3, 0.4) is 0 Å².